The predicted molar refractivity (Wildman–Crippen MR) is 84.6 cm³/mol. The zero-order valence-corrected chi connectivity index (χ0v) is 13.2. The first-order valence-corrected chi connectivity index (χ1v) is 7.74. The quantitative estimate of drug-likeness (QED) is 0.872. The van der Waals surface area contributed by atoms with E-state index in [1.807, 2.05) is 13.0 Å². The number of benzene rings is 1. The Morgan fingerprint density at radius 2 is 2.29 bits per heavy atom. The average molecular weight is 290 g/mol. The number of nitrogens with one attached hydrogen (secondary N) is 2. The average Bonchev–Trinajstić information content (AvgIpc) is 2.48. The van der Waals surface area contributed by atoms with Crippen molar-refractivity contribution in [2.24, 2.45) is 5.92 Å². The van der Waals surface area contributed by atoms with Gasteiger partial charge in [-0.05, 0) is 56.8 Å². The summed E-state index contributed by atoms with van der Waals surface area (Å²) in [5.41, 5.74) is 2.32. The van der Waals surface area contributed by atoms with Crippen molar-refractivity contribution < 1.29 is 9.53 Å². The highest BCUT2D eigenvalue weighted by atomic mass is 16.5. The molecule has 21 heavy (non-hydrogen) atoms. The second-order valence-corrected chi connectivity index (χ2v) is 5.92. The van der Waals surface area contributed by atoms with Gasteiger partial charge in [-0.1, -0.05) is 12.1 Å². The van der Waals surface area contributed by atoms with Gasteiger partial charge in [-0.15, -0.1) is 0 Å². The van der Waals surface area contributed by atoms with Crippen molar-refractivity contribution in [3.63, 3.8) is 0 Å². The third-order valence-electron chi connectivity index (χ3n) is 4.18. The van der Waals surface area contributed by atoms with Gasteiger partial charge >= 0.3 is 0 Å². The summed E-state index contributed by atoms with van der Waals surface area (Å²) in [6, 6.07) is 6.64. The molecule has 1 saturated heterocycles. The topological polar surface area (TPSA) is 50.4 Å². The lowest BCUT2D eigenvalue weighted by Gasteiger charge is -2.27. The molecule has 1 aromatic rings. The van der Waals surface area contributed by atoms with Crippen LogP contribution in [-0.4, -0.2) is 32.1 Å². The molecule has 4 nitrogen and oxygen atoms in total. The van der Waals surface area contributed by atoms with E-state index in [0.29, 0.717) is 12.6 Å². The maximum Gasteiger partial charge on any atom is 0.223 e. The van der Waals surface area contributed by atoms with Crippen molar-refractivity contribution in [3.8, 4) is 5.75 Å². The Bertz CT molecular complexity index is 488. The van der Waals surface area contributed by atoms with E-state index in [-0.39, 0.29) is 11.8 Å². The summed E-state index contributed by atoms with van der Waals surface area (Å²) in [5.74, 6) is 1.27. The number of piperidine rings is 1. The summed E-state index contributed by atoms with van der Waals surface area (Å²) < 4.78 is 5.33. The fourth-order valence-electron chi connectivity index (χ4n) is 2.86. The molecule has 1 fully saturated rings. The van der Waals surface area contributed by atoms with E-state index in [2.05, 4.69) is 29.7 Å². The number of rotatable bonds is 5. The summed E-state index contributed by atoms with van der Waals surface area (Å²) in [6.07, 6.45) is 2.71. The van der Waals surface area contributed by atoms with Gasteiger partial charge < -0.3 is 15.4 Å². The molecule has 0 unspecified atom stereocenters. The Labute approximate surface area is 127 Å². The molecule has 2 atom stereocenters. The third-order valence-corrected chi connectivity index (χ3v) is 4.18. The number of methoxy groups -OCH3 is 1. The molecule has 1 aromatic carbocycles. The number of amides is 1. The highest BCUT2D eigenvalue weighted by Crippen LogP contribution is 2.19. The zero-order chi connectivity index (χ0) is 15.2. The number of hydrogen-bond acceptors (Lipinski definition) is 3. The fraction of sp³-hybridized carbons (Fsp3) is 0.588. The number of carbonyl (C=O) groups excluding carboxylic acids is 1. The zero-order valence-electron chi connectivity index (χ0n) is 13.2. The van der Waals surface area contributed by atoms with Gasteiger partial charge in [0.2, 0.25) is 5.91 Å². The highest BCUT2D eigenvalue weighted by Gasteiger charge is 2.24. The van der Waals surface area contributed by atoms with E-state index in [1.54, 1.807) is 7.11 Å². The standard InChI is InChI=1S/C17H26N2O2/c1-12-4-5-14(11-16(12)21-3)6-8-19-17(20)15-7-9-18-13(2)10-15/h4-5,11,13,15,18H,6-10H2,1-3H3,(H,19,20)/t13-,15-/m0/s1. The fourth-order valence-corrected chi connectivity index (χ4v) is 2.86. The van der Waals surface area contributed by atoms with E-state index in [1.165, 1.54) is 5.56 Å². The second-order valence-electron chi connectivity index (χ2n) is 5.92. The minimum absolute atomic E-state index is 0.161. The summed E-state index contributed by atoms with van der Waals surface area (Å²) in [5, 5.41) is 6.44. The summed E-state index contributed by atoms with van der Waals surface area (Å²) in [7, 11) is 1.69. The maximum atomic E-state index is 12.1. The van der Waals surface area contributed by atoms with Crippen LogP contribution in [0.2, 0.25) is 0 Å². The van der Waals surface area contributed by atoms with E-state index in [0.717, 1.165) is 37.1 Å². The van der Waals surface area contributed by atoms with Gasteiger partial charge in [0.05, 0.1) is 7.11 Å². The molecule has 0 spiro atoms. The van der Waals surface area contributed by atoms with Crippen molar-refractivity contribution >= 4 is 5.91 Å². The molecule has 2 rings (SSSR count). The van der Waals surface area contributed by atoms with Crippen LogP contribution in [-0.2, 0) is 11.2 Å². The van der Waals surface area contributed by atoms with Crippen molar-refractivity contribution in [2.75, 3.05) is 20.2 Å². The predicted octanol–water partition coefficient (Wildman–Crippen LogP) is 2.05. The van der Waals surface area contributed by atoms with E-state index in [9.17, 15) is 4.79 Å². The molecule has 0 bridgehead atoms. The Balaban J connectivity index is 1.79. The van der Waals surface area contributed by atoms with Gasteiger partial charge in [-0.3, -0.25) is 4.79 Å². The van der Waals surface area contributed by atoms with Crippen LogP contribution in [0.4, 0.5) is 0 Å². The van der Waals surface area contributed by atoms with Crippen LogP contribution >= 0.6 is 0 Å². The van der Waals surface area contributed by atoms with Crippen LogP contribution in [0.5, 0.6) is 5.75 Å². The number of ether oxygens (including phenoxy) is 1. The van der Waals surface area contributed by atoms with Crippen molar-refractivity contribution in [1.29, 1.82) is 0 Å². The lowest BCUT2D eigenvalue weighted by Crippen LogP contribution is -2.42. The molecule has 4 heteroatoms. The summed E-state index contributed by atoms with van der Waals surface area (Å²) in [4.78, 5) is 12.1. The smallest absolute Gasteiger partial charge is 0.223 e. The summed E-state index contributed by atoms with van der Waals surface area (Å²) >= 11 is 0. The monoisotopic (exact) mass is 290 g/mol. The van der Waals surface area contributed by atoms with Crippen LogP contribution in [0.15, 0.2) is 18.2 Å². The molecule has 0 aromatic heterocycles. The van der Waals surface area contributed by atoms with Crippen LogP contribution in [0.1, 0.15) is 30.9 Å². The minimum Gasteiger partial charge on any atom is -0.496 e. The van der Waals surface area contributed by atoms with Crippen molar-refractivity contribution in [1.82, 2.24) is 10.6 Å². The van der Waals surface area contributed by atoms with Gasteiger partial charge in [0.1, 0.15) is 5.75 Å². The Kier molecular flexibility index (Phi) is 5.62. The first-order chi connectivity index (χ1) is 10.1. The summed E-state index contributed by atoms with van der Waals surface area (Å²) in [6.45, 7) is 5.79. The molecular formula is C17H26N2O2. The van der Waals surface area contributed by atoms with Crippen molar-refractivity contribution in [2.45, 2.75) is 39.2 Å². The molecule has 0 radical (unpaired) electrons. The number of carbonyl (C=O) groups is 1. The van der Waals surface area contributed by atoms with Crippen LogP contribution in [0.25, 0.3) is 0 Å². The van der Waals surface area contributed by atoms with E-state index >= 15 is 0 Å². The first kappa shape index (κ1) is 15.8. The molecule has 116 valence electrons. The Morgan fingerprint density at radius 1 is 1.48 bits per heavy atom. The van der Waals surface area contributed by atoms with Gasteiger partial charge in [-0.2, -0.15) is 0 Å². The van der Waals surface area contributed by atoms with E-state index in [4.69, 9.17) is 4.74 Å². The van der Waals surface area contributed by atoms with Gasteiger partial charge in [0.25, 0.3) is 0 Å². The van der Waals surface area contributed by atoms with Gasteiger partial charge in [-0.25, -0.2) is 0 Å². The minimum atomic E-state index is 0.161. The van der Waals surface area contributed by atoms with Crippen molar-refractivity contribution in [3.05, 3.63) is 29.3 Å². The maximum absolute atomic E-state index is 12.1. The molecule has 1 heterocycles. The van der Waals surface area contributed by atoms with E-state index < -0.39 is 0 Å². The van der Waals surface area contributed by atoms with Crippen LogP contribution in [0.3, 0.4) is 0 Å². The van der Waals surface area contributed by atoms with Crippen LogP contribution in [0, 0.1) is 12.8 Å². The molecule has 0 aliphatic carbocycles. The lowest BCUT2D eigenvalue weighted by molar-refractivity contribution is -0.126. The molecule has 1 aliphatic heterocycles. The molecule has 1 amide bonds. The third kappa shape index (κ3) is 4.46. The SMILES string of the molecule is COc1cc(CCNC(=O)[C@H]2CCN[C@@H](C)C2)ccc1C. The Morgan fingerprint density at radius 3 is 3.00 bits per heavy atom. The largest absolute Gasteiger partial charge is 0.496 e. The first-order valence-electron chi connectivity index (χ1n) is 7.74. The second kappa shape index (κ2) is 7.46. The number of hydrogen-bond donors (Lipinski definition) is 2. The van der Waals surface area contributed by atoms with Crippen LogP contribution < -0.4 is 15.4 Å². The van der Waals surface area contributed by atoms with Gasteiger partial charge in [0, 0.05) is 18.5 Å². The molecule has 0 saturated carbocycles. The molecular weight excluding hydrogens is 264 g/mol. The highest BCUT2D eigenvalue weighted by molar-refractivity contribution is 5.78. The molecule has 2 N–H and O–H groups in total. The van der Waals surface area contributed by atoms with Gasteiger partial charge in [0.15, 0.2) is 0 Å². The number of aryl methyl sites for hydroxylation is 1. The lowest BCUT2D eigenvalue weighted by atomic mass is 9.92. The Hall–Kier alpha value is -1.55. The molecule has 1 aliphatic rings. The normalized spacial score (nSPS) is 21.9.